The molecule has 1 aliphatic rings. The van der Waals surface area contributed by atoms with Gasteiger partial charge in [-0.1, -0.05) is 11.3 Å². The van der Waals surface area contributed by atoms with E-state index in [1.165, 1.54) is 30.9 Å². The van der Waals surface area contributed by atoms with Gasteiger partial charge in [-0.15, -0.1) is 0 Å². The van der Waals surface area contributed by atoms with Gasteiger partial charge in [0.2, 0.25) is 0 Å². The van der Waals surface area contributed by atoms with Crippen LogP contribution in [0.15, 0.2) is 63.5 Å². The van der Waals surface area contributed by atoms with Gasteiger partial charge in [0, 0.05) is 23.8 Å². The first-order valence-electron chi connectivity index (χ1n) is 10.9. The summed E-state index contributed by atoms with van der Waals surface area (Å²) in [6.45, 7) is 3.56. The van der Waals surface area contributed by atoms with Crippen LogP contribution < -0.4 is 24.4 Å². The molecule has 0 saturated carbocycles. The van der Waals surface area contributed by atoms with Gasteiger partial charge in [0.05, 0.1) is 41.6 Å². The minimum Gasteiger partial charge on any atom is -0.497 e. The number of hydrogen-bond acceptors (Lipinski definition) is 9. The summed E-state index contributed by atoms with van der Waals surface area (Å²) in [6.07, 6.45) is 1.64. The van der Waals surface area contributed by atoms with Crippen molar-refractivity contribution < 1.29 is 23.9 Å². The number of nitrogens with zero attached hydrogens (tertiary/aromatic N) is 3. The second kappa shape index (κ2) is 10.2. The van der Waals surface area contributed by atoms with Crippen molar-refractivity contribution in [1.29, 1.82) is 0 Å². The summed E-state index contributed by atoms with van der Waals surface area (Å²) in [5.41, 5.74) is 1.43. The molecule has 1 atom stereocenters. The number of esters is 1. The Morgan fingerprint density at radius 1 is 1.19 bits per heavy atom. The van der Waals surface area contributed by atoms with E-state index in [1.54, 1.807) is 50.3 Å². The summed E-state index contributed by atoms with van der Waals surface area (Å²) in [4.78, 5) is 42.1. The molecular weight excluding hydrogens is 486 g/mol. The van der Waals surface area contributed by atoms with E-state index >= 15 is 0 Å². The van der Waals surface area contributed by atoms with Crippen molar-refractivity contribution in [2.45, 2.75) is 19.9 Å². The highest BCUT2D eigenvalue weighted by atomic mass is 32.1. The molecule has 0 fully saturated rings. The third kappa shape index (κ3) is 4.52. The van der Waals surface area contributed by atoms with E-state index < -0.39 is 16.9 Å². The van der Waals surface area contributed by atoms with Gasteiger partial charge in [0.25, 0.3) is 11.2 Å². The number of ether oxygens (including phenoxy) is 3. The lowest BCUT2D eigenvalue weighted by Crippen LogP contribution is -2.40. The summed E-state index contributed by atoms with van der Waals surface area (Å²) in [5, 5.41) is 11.0. The fraction of sp³-hybridized carbons (Fsp3) is 0.240. The molecule has 0 aliphatic carbocycles. The molecule has 36 heavy (non-hydrogen) atoms. The van der Waals surface area contributed by atoms with Crippen molar-refractivity contribution in [2.24, 2.45) is 4.99 Å². The van der Waals surface area contributed by atoms with Gasteiger partial charge in [0.15, 0.2) is 4.80 Å². The Morgan fingerprint density at radius 3 is 2.53 bits per heavy atom. The van der Waals surface area contributed by atoms with Gasteiger partial charge in [0.1, 0.15) is 17.5 Å². The Bertz CT molecular complexity index is 1550. The van der Waals surface area contributed by atoms with E-state index in [0.717, 1.165) is 11.3 Å². The molecule has 1 aliphatic heterocycles. The first-order valence-corrected chi connectivity index (χ1v) is 11.8. The second-order valence-corrected chi connectivity index (χ2v) is 8.77. The summed E-state index contributed by atoms with van der Waals surface area (Å²) >= 11 is 1.16. The van der Waals surface area contributed by atoms with E-state index in [4.69, 9.17) is 14.2 Å². The molecule has 0 spiro atoms. The van der Waals surface area contributed by atoms with Crippen molar-refractivity contribution in [1.82, 2.24) is 4.57 Å². The van der Waals surface area contributed by atoms with E-state index in [-0.39, 0.29) is 23.4 Å². The number of aromatic nitrogens is 1. The third-order valence-electron chi connectivity index (χ3n) is 5.65. The predicted molar refractivity (Wildman–Crippen MR) is 133 cm³/mol. The standard InChI is InChI=1S/C25H23N3O7S/c1-5-35-24(30)21-14(2)26-25-27(22(21)18-11-10-17(33-3)13-19(18)34-4)23(29)20(36-25)12-15-6-8-16(9-7-15)28(31)32/h6-13,22H,5H2,1-4H3/b20-12-/t22-/m1/s1. The Hall–Kier alpha value is -4.25. The lowest BCUT2D eigenvalue weighted by molar-refractivity contribution is -0.384. The molecule has 11 heteroatoms. The van der Waals surface area contributed by atoms with Crippen LogP contribution in [0, 0.1) is 10.1 Å². The quantitative estimate of drug-likeness (QED) is 0.273. The molecule has 3 aromatic rings. The van der Waals surface area contributed by atoms with Crippen molar-refractivity contribution in [3.8, 4) is 11.5 Å². The molecule has 186 valence electrons. The predicted octanol–water partition coefficient (Wildman–Crippen LogP) is 2.72. The third-order valence-corrected chi connectivity index (χ3v) is 6.64. The highest BCUT2D eigenvalue weighted by Crippen LogP contribution is 2.37. The number of hydrogen-bond donors (Lipinski definition) is 0. The molecule has 0 N–H and O–H groups in total. The Morgan fingerprint density at radius 2 is 1.92 bits per heavy atom. The van der Waals surface area contributed by atoms with Crippen molar-refractivity contribution in [3.63, 3.8) is 0 Å². The second-order valence-electron chi connectivity index (χ2n) is 7.76. The van der Waals surface area contributed by atoms with Gasteiger partial charge in [-0.25, -0.2) is 9.79 Å². The minimum absolute atomic E-state index is 0.0464. The van der Waals surface area contributed by atoms with Crippen LogP contribution in [-0.4, -0.2) is 36.3 Å². The Kier molecular flexibility index (Phi) is 7.02. The zero-order chi connectivity index (χ0) is 26.0. The van der Waals surface area contributed by atoms with Crippen LogP contribution in [-0.2, 0) is 9.53 Å². The van der Waals surface area contributed by atoms with E-state index in [2.05, 4.69) is 4.99 Å². The summed E-state index contributed by atoms with van der Waals surface area (Å²) < 4.78 is 18.0. The number of thiazole rings is 1. The number of nitro groups is 1. The molecule has 2 heterocycles. The zero-order valence-corrected chi connectivity index (χ0v) is 20.8. The highest BCUT2D eigenvalue weighted by Gasteiger charge is 2.35. The minimum atomic E-state index is -0.847. The van der Waals surface area contributed by atoms with Crippen LogP contribution in [0.2, 0.25) is 0 Å². The number of carbonyl (C=O) groups excluding carboxylic acids is 1. The zero-order valence-electron chi connectivity index (χ0n) is 20.0. The van der Waals surface area contributed by atoms with Crippen LogP contribution in [0.1, 0.15) is 31.0 Å². The van der Waals surface area contributed by atoms with Crippen LogP contribution >= 0.6 is 11.3 Å². The molecule has 1 aromatic heterocycles. The van der Waals surface area contributed by atoms with E-state index in [0.29, 0.717) is 37.7 Å². The average Bonchev–Trinajstić information content (AvgIpc) is 3.17. The Labute approximate surface area is 209 Å². The fourth-order valence-corrected chi connectivity index (χ4v) is 5.02. The number of non-ortho nitro benzene ring substituents is 1. The van der Waals surface area contributed by atoms with Crippen LogP contribution in [0.4, 0.5) is 5.69 Å². The van der Waals surface area contributed by atoms with Crippen molar-refractivity contribution >= 4 is 29.1 Å². The van der Waals surface area contributed by atoms with Gasteiger partial charge in [-0.05, 0) is 49.8 Å². The Balaban J connectivity index is 1.95. The highest BCUT2D eigenvalue weighted by molar-refractivity contribution is 7.07. The van der Waals surface area contributed by atoms with E-state index in [9.17, 15) is 19.7 Å². The maximum Gasteiger partial charge on any atom is 0.338 e. The first-order chi connectivity index (χ1) is 17.3. The van der Waals surface area contributed by atoms with Gasteiger partial charge >= 0.3 is 5.97 Å². The van der Waals surface area contributed by atoms with E-state index in [1.807, 2.05) is 0 Å². The number of benzene rings is 2. The van der Waals surface area contributed by atoms with Crippen molar-refractivity contribution in [2.75, 3.05) is 20.8 Å². The monoisotopic (exact) mass is 509 g/mol. The topological polar surface area (TPSA) is 122 Å². The maximum atomic E-state index is 13.7. The summed E-state index contributed by atoms with van der Waals surface area (Å²) in [5.74, 6) is 0.409. The maximum absolute atomic E-state index is 13.7. The number of carbonyl (C=O) groups is 1. The van der Waals surface area contributed by atoms with Gasteiger partial charge in [-0.2, -0.15) is 0 Å². The normalized spacial score (nSPS) is 15.2. The van der Waals surface area contributed by atoms with Crippen LogP contribution in [0.5, 0.6) is 11.5 Å². The molecule has 2 aromatic carbocycles. The van der Waals surface area contributed by atoms with Gasteiger partial charge < -0.3 is 14.2 Å². The van der Waals surface area contributed by atoms with Crippen LogP contribution in [0.25, 0.3) is 6.08 Å². The number of allylic oxidation sites excluding steroid dienone is 1. The lowest BCUT2D eigenvalue weighted by Gasteiger charge is -2.26. The van der Waals surface area contributed by atoms with Gasteiger partial charge in [-0.3, -0.25) is 19.5 Å². The molecule has 0 bridgehead atoms. The van der Waals surface area contributed by atoms with Crippen molar-refractivity contribution in [3.05, 3.63) is 94.7 Å². The molecule has 0 amide bonds. The molecule has 0 saturated heterocycles. The number of methoxy groups -OCH3 is 2. The number of nitro benzene ring substituents is 1. The lowest BCUT2D eigenvalue weighted by atomic mass is 9.95. The SMILES string of the molecule is CCOC(=O)C1=C(C)N=c2s/c(=C\c3ccc([N+](=O)[O-])cc3)c(=O)n2[C@@H]1c1ccc(OC)cc1OC. The summed E-state index contributed by atoms with van der Waals surface area (Å²) in [7, 11) is 3.03. The van der Waals surface area contributed by atoms with Crippen LogP contribution in [0.3, 0.4) is 0 Å². The first kappa shape index (κ1) is 24.9. The molecular formula is C25H23N3O7S. The smallest absolute Gasteiger partial charge is 0.338 e. The molecule has 0 radical (unpaired) electrons. The molecule has 4 rings (SSSR count). The number of rotatable bonds is 7. The largest absolute Gasteiger partial charge is 0.497 e. The number of fused-ring (bicyclic) bond motifs is 1. The fourth-order valence-electron chi connectivity index (χ4n) is 3.97. The molecule has 10 nitrogen and oxygen atoms in total. The average molecular weight is 510 g/mol. The molecule has 0 unspecified atom stereocenters. The summed E-state index contributed by atoms with van der Waals surface area (Å²) in [6, 6.07) is 10.2.